The van der Waals surface area contributed by atoms with Crippen molar-refractivity contribution in [3.05, 3.63) is 76.8 Å². The van der Waals surface area contributed by atoms with E-state index in [0.29, 0.717) is 52.3 Å². The molecule has 1 saturated carbocycles. The molecule has 1 fully saturated rings. The van der Waals surface area contributed by atoms with Crippen LogP contribution in [0.2, 0.25) is 0 Å². The van der Waals surface area contributed by atoms with Crippen molar-refractivity contribution in [1.29, 1.82) is 0 Å². The third kappa shape index (κ3) is 4.57. The number of rotatable bonds is 8. The molecule has 0 saturated heterocycles. The van der Waals surface area contributed by atoms with Crippen molar-refractivity contribution in [2.24, 2.45) is 10.5 Å². The summed E-state index contributed by atoms with van der Waals surface area (Å²) < 4.78 is 17.7. The van der Waals surface area contributed by atoms with E-state index in [2.05, 4.69) is 20.3 Å². The van der Waals surface area contributed by atoms with Gasteiger partial charge in [0.2, 0.25) is 5.91 Å². The quantitative estimate of drug-likeness (QED) is 0.193. The number of methoxy groups -OCH3 is 1. The van der Waals surface area contributed by atoms with Crippen LogP contribution >= 0.6 is 0 Å². The maximum Gasteiger partial charge on any atom is 0.251 e. The van der Waals surface area contributed by atoms with Crippen LogP contribution < -0.4 is 19.5 Å². The second-order valence-corrected chi connectivity index (χ2v) is 8.76. The predicted octanol–water partition coefficient (Wildman–Crippen LogP) is 5.54. The Bertz CT molecular complexity index is 1590. The first-order valence-electron chi connectivity index (χ1n) is 11.6. The van der Waals surface area contributed by atoms with Crippen LogP contribution in [0.1, 0.15) is 23.2 Å². The van der Waals surface area contributed by atoms with Gasteiger partial charge in [-0.2, -0.15) is 0 Å². The number of carbonyl (C=O) groups excluding carboxylic acids is 2. The van der Waals surface area contributed by atoms with Crippen LogP contribution in [0.25, 0.3) is 32.1 Å². The summed E-state index contributed by atoms with van der Waals surface area (Å²) in [5, 5.41) is 8.29. The zero-order valence-corrected chi connectivity index (χ0v) is 20.2. The van der Waals surface area contributed by atoms with Crippen molar-refractivity contribution in [2.45, 2.75) is 12.8 Å². The Labute approximate surface area is 211 Å². The highest BCUT2D eigenvalue weighted by atomic mass is 16.5. The SMILES string of the molecule is CNC(=O)c1cccc2cc(Oc3ccnc4cc(OCC5(C(=O)N=[N+]=[N-])CC5)c(OC)cc34)ccc12. The van der Waals surface area contributed by atoms with Crippen LogP contribution in [0.5, 0.6) is 23.0 Å². The number of nitrogens with one attached hydrogen (secondary N) is 1. The highest BCUT2D eigenvalue weighted by Crippen LogP contribution is 2.48. The van der Waals surface area contributed by atoms with Crippen molar-refractivity contribution in [2.75, 3.05) is 20.8 Å². The third-order valence-corrected chi connectivity index (χ3v) is 6.49. The van der Waals surface area contributed by atoms with Gasteiger partial charge >= 0.3 is 0 Å². The average Bonchev–Trinajstić information content (AvgIpc) is 3.72. The molecule has 10 heteroatoms. The molecule has 186 valence electrons. The molecule has 2 amide bonds. The Hall–Kier alpha value is -4.82. The molecular formula is C27H23N5O5. The molecule has 1 aliphatic carbocycles. The van der Waals surface area contributed by atoms with E-state index < -0.39 is 11.3 Å². The highest BCUT2D eigenvalue weighted by molar-refractivity contribution is 6.07. The van der Waals surface area contributed by atoms with Crippen LogP contribution in [0.4, 0.5) is 0 Å². The Morgan fingerprint density at radius 2 is 1.92 bits per heavy atom. The fourth-order valence-corrected chi connectivity index (χ4v) is 4.21. The monoisotopic (exact) mass is 497 g/mol. The molecule has 0 radical (unpaired) electrons. The van der Waals surface area contributed by atoms with Gasteiger partial charge in [-0.1, -0.05) is 12.1 Å². The Morgan fingerprint density at radius 1 is 1.08 bits per heavy atom. The number of azide groups is 1. The minimum absolute atomic E-state index is 0.0814. The molecular weight excluding hydrogens is 474 g/mol. The molecule has 1 aromatic heterocycles. The molecule has 1 N–H and O–H groups in total. The molecule has 5 rings (SSSR count). The van der Waals surface area contributed by atoms with Gasteiger partial charge in [0.25, 0.3) is 5.91 Å². The van der Waals surface area contributed by atoms with Gasteiger partial charge in [-0.25, -0.2) is 0 Å². The number of benzene rings is 3. The van der Waals surface area contributed by atoms with Crippen LogP contribution in [0.3, 0.4) is 0 Å². The van der Waals surface area contributed by atoms with Gasteiger partial charge in [-0.15, -0.1) is 0 Å². The van der Waals surface area contributed by atoms with E-state index in [1.54, 1.807) is 37.5 Å². The van der Waals surface area contributed by atoms with E-state index in [4.69, 9.17) is 19.7 Å². The number of carbonyl (C=O) groups is 2. The van der Waals surface area contributed by atoms with E-state index in [0.717, 1.165) is 10.8 Å². The van der Waals surface area contributed by atoms with Crippen molar-refractivity contribution in [3.8, 4) is 23.0 Å². The van der Waals surface area contributed by atoms with Crippen molar-refractivity contribution in [3.63, 3.8) is 0 Å². The summed E-state index contributed by atoms with van der Waals surface area (Å²) in [5.74, 6) is 1.37. The van der Waals surface area contributed by atoms with Gasteiger partial charge < -0.3 is 19.5 Å². The van der Waals surface area contributed by atoms with Crippen molar-refractivity contribution < 1.29 is 23.8 Å². The van der Waals surface area contributed by atoms with Crippen LogP contribution in [-0.4, -0.2) is 37.6 Å². The molecule has 0 bridgehead atoms. The summed E-state index contributed by atoms with van der Waals surface area (Å²) in [6.45, 7) is 0.0814. The lowest BCUT2D eigenvalue weighted by atomic mass is 10.0. The molecule has 0 atom stereocenters. The van der Waals surface area contributed by atoms with Gasteiger partial charge in [0.1, 0.15) is 18.1 Å². The zero-order chi connectivity index (χ0) is 26.0. The molecule has 37 heavy (non-hydrogen) atoms. The third-order valence-electron chi connectivity index (χ3n) is 6.49. The smallest absolute Gasteiger partial charge is 0.251 e. The lowest BCUT2D eigenvalue weighted by Crippen LogP contribution is -2.21. The van der Waals surface area contributed by atoms with E-state index in [9.17, 15) is 9.59 Å². The maximum absolute atomic E-state index is 12.2. The number of amides is 2. The van der Waals surface area contributed by atoms with Gasteiger partial charge in [0.05, 0.1) is 18.0 Å². The number of pyridine rings is 1. The fourth-order valence-electron chi connectivity index (χ4n) is 4.21. The van der Waals surface area contributed by atoms with Gasteiger partial charge in [0, 0.05) is 35.2 Å². The van der Waals surface area contributed by atoms with Crippen molar-refractivity contribution >= 4 is 33.5 Å². The highest BCUT2D eigenvalue weighted by Gasteiger charge is 2.50. The average molecular weight is 498 g/mol. The normalized spacial score (nSPS) is 13.5. The van der Waals surface area contributed by atoms with E-state index in [-0.39, 0.29) is 12.5 Å². The number of nitrogens with zero attached hydrogens (tertiary/aromatic N) is 4. The van der Waals surface area contributed by atoms with E-state index in [1.807, 2.05) is 30.3 Å². The predicted molar refractivity (Wildman–Crippen MR) is 137 cm³/mol. The molecule has 3 aromatic carbocycles. The second-order valence-electron chi connectivity index (χ2n) is 8.76. The minimum Gasteiger partial charge on any atom is -0.493 e. The molecule has 10 nitrogen and oxygen atoms in total. The van der Waals surface area contributed by atoms with Gasteiger partial charge in [-0.05, 0) is 70.7 Å². The van der Waals surface area contributed by atoms with Crippen LogP contribution in [-0.2, 0) is 4.79 Å². The molecule has 0 spiro atoms. The van der Waals surface area contributed by atoms with Crippen LogP contribution in [0, 0.1) is 5.41 Å². The Balaban J connectivity index is 1.44. The standard InChI is InChI=1S/C27H23N5O5/c1-29-25(33)19-5-3-4-16-12-17(6-7-18(16)19)37-22-8-11-30-21-14-24(23(35-2)13-20(21)22)36-15-27(9-10-27)26(34)31-32-28/h3-8,11-14H,9-10,15H2,1-2H3,(H,29,33). The lowest BCUT2D eigenvalue weighted by molar-refractivity contribution is -0.124. The first-order chi connectivity index (χ1) is 18.0. The van der Waals surface area contributed by atoms with Crippen LogP contribution in [0.15, 0.2) is 65.9 Å². The molecule has 0 aliphatic heterocycles. The summed E-state index contributed by atoms with van der Waals surface area (Å²) in [7, 11) is 3.13. The first kappa shape index (κ1) is 23.9. The lowest BCUT2D eigenvalue weighted by Gasteiger charge is -2.16. The number of ether oxygens (including phenoxy) is 3. The van der Waals surface area contributed by atoms with Gasteiger partial charge in [0.15, 0.2) is 11.5 Å². The topological polar surface area (TPSA) is 136 Å². The number of fused-ring (bicyclic) bond motifs is 2. The fraction of sp³-hybridized carbons (Fsp3) is 0.222. The zero-order valence-electron chi connectivity index (χ0n) is 20.2. The maximum atomic E-state index is 12.2. The summed E-state index contributed by atoms with van der Waals surface area (Å²) in [5.41, 5.74) is 9.01. The van der Waals surface area contributed by atoms with Gasteiger partial charge in [-0.3, -0.25) is 14.6 Å². The molecule has 4 aromatic rings. The Morgan fingerprint density at radius 3 is 2.65 bits per heavy atom. The van der Waals surface area contributed by atoms with Crippen molar-refractivity contribution in [1.82, 2.24) is 10.3 Å². The molecule has 1 aliphatic rings. The summed E-state index contributed by atoms with van der Waals surface area (Å²) in [6, 6.07) is 16.3. The number of hydrogen-bond donors (Lipinski definition) is 1. The van der Waals surface area contributed by atoms with E-state index >= 15 is 0 Å². The van der Waals surface area contributed by atoms with E-state index in [1.165, 1.54) is 7.11 Å². The first-order valence-corrected chi connectivity index (χ1v) is 11.6. The minimum atomic E-state index is -0.779. The molecule has 1 heterocycles. The molecule has 0 unspecified atom stereocenters. The summed E-state index contributed by atoms with van der Waals surface area (Å²) >= 11 is 0. The number of aromatic nitrogens is 1. The summed E-state index contributed by atoms with van der Waals surface area (Å²) in [4.78, 5) is 31.3. The summed E-state index contributed by atoms with van der Waals surface area (Å²) in [6.07, 6.45) is 2.84. The largest absolute Gasteiger partial charge is 0.493 e. The Kier molecular flexibility index (Phi) is 6.25. The number of hydrogen-bond acceptors (Lipinski definition) is 6. The second kappa shape index (κ2) is 9.67.